The molecule has 37 heavy (non-hydrogen) atoms. The Morgan fingerprint density at radius 3 is 2.30 bits per heavy atom. The molecule has 1 aliphatic heterocycles. The monoisotopic (exact) mass is 536 g/mol. The van der Waals surface area contributed by atoms with E-state index in [-0.39, 0.29) is 45.3 Å². The first-order valence-electron chi connectivity index (χ1n) is 11.9. The van der Waals surface area contributed by atoms with Gasteiger partial charge in [-0.25, -0.2) is 9.36 Å². The van der Waals surface area contributed by atoms with E-state index in [2.05, 4.69) is 9.51 Å². The highest BCUT2D eigenvalue weighted by molar-refractivity contribution is 7.46. The summed E-state index contributed by atoms with van der Waals surface area (Å²) in [5.74, 6) is -2.01. The van der Waals surface area contributed by atoms with Crippen molar-refractivity contribution >= 4 is 42.5 Å². The Balaban J connectivity index is 1.37. The first-order valence-corrected chi connectivity index (χ1v) is 13.4. The second-order valence-electron chi connectivity index (χ2n) is 8.52. The molecule has 13 heteroatoms. The van der Waals surface area contributed by atoms with Gasteiger partial charge >= 0.3 is 19.8 Å². The number of rotatable bonds is 14. The van der Waals surface area contributed by atoms with E-state index in [1.807, 2.05) is 24.3 Å². The fraction of sp³-hybridized carbons (Fsp3) is 0.458. The zero-order valence-electron chi connectivity index (χ0n) is 20.2. The summed E-state index contributed by atoms with van der Waals surface area (Å²) in [6.07, 6.45) is 4.63. The molecule has 0 saturated carbocycles. The fourth-order valence-corrected chi connectivity index (χ4v) is 4.05. The van der Waals surface area contributed by atoms with Crippen molar-refractivity contribution in [3.8, 4) is 0 Å². The summed E-state index contributed by atoms with van der Waals surface area (Å²) >= 11 is 0. The SMILES string of the molecule is O=C(CCCc1cnc2cc(CCCC(=O)ON3C(=O)CCC3=O)ccc2c1)OCCCOP(=O)(O)O. The number of esters is 1. The third-order valence-electron chi connectivity index (χ3n) is 5.51. The number of benzene rings is 1. The van der Waals surface area contributed by atoms with E-state index in [0.29, 0.717) is 30.7 Å². The normalized spacial score (nSPS) is 13.8. The van der Waals surface area contributed by atoms with Crippen molar-refractivity contribution in [2.24, 2.45) is 0 Å². The van der Waals surface area contributed by atoms with Crippen molar-refractivity contribution in [3.63, 3.8) is 0 Å². The molecule has 2 aromatic rings. The van der Waals surface area contributed by atoms with Crippen LogP contribution in [0.4, 0.5) is 0 Å². The molecule has 3 rings (SSSR count). The topological polar surface area (TPSA) is 170 Å². The van der Waals surface area contributed by atoms with Crippen molar-refractivity contribution < 1.29 is 47.6 Å². The van der Waals surface area contributed by atoms with Crippen molar-refractivity contribution in [2.75, 3.05) is 13.2 Å². The number of aryl methyl sites for hydroxylation is 2. The molecule has 0 bridgehead atoms. The van der Waals surface area contributed by atoms with E-state index in [9.17, 15) is 23.7 Å². The number of phosphoric acid groups is 1. The first kappa shape index (κ1) is 28.4. The highest BCUT2D eigenvalue weighted by atomic mass is 31.2. The summed E-state index contributed by atoms with van der Waals surface area (Å²) in [4.78, 5) is 73.3. The maximum atomic E-state index is 11.9. The van der Waals surface area contributed by atoms with Gasteiger partial charge in [0, 0.05) is 43.7 Å². The van der Waals surface area contributed by atoms with E-state index in [1.165, 1.54) is 0 Å². The van der Waals surface area contributed by atoms with E-state index >= 15 is 0 Å². The van der Waals surface area contributed by atoms with E-state index < -0.39 is 31.6 Å². The number of hydroxylamine groups is 2. The molecule has 12 nitrogen and oxygen atoms in total. The minimum absolute atomic E-state index is 0.0255. The molecule has 0 spiro atoms. The highest BCUT2D eigenvalue weighted by Crippen LogP contribution is 2.35. The van der Waals surface area contributed by atoms with Gasteiger partial charge in [-0.2, -0.15) is 0 Å². The number of hydrogen-bond donors (Lipinski definition) is 2. The summed E-state index contributed by atoms with van der Waals surface area (Å²) in [6.45, 7) is -0.171. The number of hydrogen-bond acceptors (Lipinski definition) is 9. The summed E-state index contributed by atoms with van der Waals surface area (Å²) < 4.78 is 19.9. The summed E-state index contributed by atoms with van der Waals surface area (Å²) in [5, 5.41) is 1.50. The number of phosphoric ester groups is 1. The molecule has 0 radical (unpaired) electrons. The van der Waals surface area contributed by atoms with Crippen LogP contribution in [0.5, 0.6) is 0 Å². The van der Waals surface area contributed by atoms with Crippen molar-refractivity contribution in [2.45, 2.75) is 57.8 Å². The second kappa shape index (κ2) is 13.4. The van der Waals surface area contributed by atoms with Crippen LogP contribution in [0.3, 0.4) is 0 Å². The van der Waals surface area contributed by atoms with Crippen LogP contribution >= 0.6 is 7.82 Å². The van der Waals surface area contributed by atoms with Crippen molar-refractivity contribution in [3.05, 3.63) is 41.6 Å². The summed E-state index contributed by atoms with van der Waals surface area (Å²) in [5.41, 5.74) is 2.76. The lowest BCUT2D eigenvalue weighted by Crippen LogP contribution is -2.31. The van der Waals surface area contributed by atoms with Crippen LogP contribution in [0.25, 0.3) is 10.9 Å². The molecular formula is C24H29N2O10P. The van der Waals surface area contributed by atoms with Crippen molar-refractivity contribution in [1.82, 2.24) is 10.0 Å². The largest absolute Gasteiger partial charge is 0.469 e. The molecular weight excluding hydrogens is 507 g/mol. The Hall–Kier alpha value is -3.18. The van der Waals surface area contributed by atoms with Crippen LogP contribution in [-0.4, -0.2) is 56.8 Å². The van der Waals surface area contributed by atoms with E-state index in [4.69, 9.17) is 19.4 Å². The van der Waals surface area contributed by atoms with Crippen LogP contribution in [0.2, 0.25) is 0 Å². The minimum atomic E-state index is -4.50. The second-order valence-corrected chi connectivity index (χ2v) is 9.76. The maximum Gasteiger partial charge on any atom is 0.469 e. The van der Waals surface area contributed by atoms with Gasteiger partial charge in [0.25, 0.3) is 11.8 Å². The minimum Gasteiger partial charge on any atom is -0.466 e. The van der Waals surface area contributed by atoms with Crippen LogP contribution in [0.1, 0.15) is 56.1 Å². The molecule has 1 aromatic carbocycles. The summed E-state index contributed by atoms with van der Waals surface area (Å²) in [6, 6.07) is 7.82. The average Bonchev–Trinajstić information content (AvgIpc) is 3.15. The molecule has 0 aliphatic carbocycles. The third kappa shape index (κ3) is 9.66. The predicted molar refractivity (Wildman–Crippen MR) is 128 cm³/mol. The number of nitrogens with zero attached hydrogens (tertiary/aromatic N) is 2. The van der Waals surface area contributed by atoms with Gasteiger partial charge in [-0.15, -0.1) is 5.06 Å². The number of amides is 2. The van der Waals surface area contributed by atoms with Gasteiger partial charge in [0.2, 0.25) is 0 Å². The van der Waals surface area contributed by atoms with Gasteiger partial charge in [-0.05, 0) is 48.9 Å². The average molecular weight is 536 g/mol. The Bertz CT molecular complexity index is 1180. The van der Waals surface area contributed by atoms with Gasteiger partial charge in [0.15, 0.2) is 0 Å². The molecule has 1 saturated heterocycles. The van der Waals surface area contributed by atoms with Crippen LogP contribution < -0.4 is 0 Å². The lowest BCUT2D eigenvalue weighted by atomic mass is 10.0. The van der Waals surface area contributed by atoms with Gasteiger partial charge in [0.1, 0.15) is 0 Å². The van der Waals surface area contributed by atoms with Crippen LogP contribution in [0, 0.1) is 0 Å². The van der Waals surface area contributed by atoms with Gasteiger partial charge in [0.05, 0.1) is 18.7 Å². The number of carbonyl (C=O) groups is 4. The lowest BCUT2D eigenvalue weighted by molar-refractivity contribution is -0.197. The number of pyridine rings is 1. The predicted octanol–water partition coefficient (Wildman–Crippen LogP) is 2.53. The van der Waals surface area contributed by atoms with Crippen molar-refractivity contribution in [1.29, 1.82) is 0 Å². The third-order valence-corrected chi connectivity index (χ3v) is 6.03. The smallest absolute Gasteiger partial charge is 0.466 e. The molecule has 1 aromatic heterocycles. The Morgan fingerprint density at radius 1 is 0.919 bits per heavy atom. The maximum absolute atomic E-state index is 11.9. The Labute approximate surface area is 213 Å². The number of carbonyl (C=O) groups excluding carboxylic acids is 4. The summed E-state index contributed by atoms with van der Waals surface area (Å²) in [7, 11) is -4.50. The number of fused-ring (bicyclic) bond motifs is 1. The van der Waals surface area contributed by atoms with E-state index in [0.717, 1.165) is 22.0 Å². The van der Waals surface area contributed by atoms with Gasteiger partial charge < -0.3 is 19.4 Å². The molecule has 1 fully saturated rings. The van der Waals surface area contributed by atoms with Gasteiger partial charge in [-0.1, -0.05) is 12.1 Å². The fourth-order valence-electron chi connectivity index (χ4n) is 3.68. The Morgan fingerprint density at radius 2 is 1.59 bits per heavy atom. The Kier molecular flexibility index (Phi) is 10.3. The standard InChI is InChI=1S/C24H29N2O10P/c27-21-10-11-22(28)26(21)36-24(30)7-1-4-17-8-9-19-14-18(16-25-20(19)15-17)5-2-6-23(29)34-12-3-13-35-37(31,32)33/h8-9,14-16H,1-7,10-13H2,(H2,31,32,33). The molecule has 200 valence electrons. The zero-order valence-corrected chi connectivity index (χ0v) is 21.1. The molecule has 0 atom stereocenters. The van der Waals surface area contributed by atoms with Crippen LogP contribution in [0.15, 0.2) is 30.5 Å². The molecule has 2 N–H and O–H groups in total. The molecule has 2 heterocycles. The number of imide groups is 1. The zero-order chi connectivity index (χ0) is 26.8. The first-order chi connectivity index (χ1) is 17.6. The highest BCUT2D eigenvalue weighted by Gasteiger charge is 2.32. The molecule has 2 amide bonds. The van der Waals surface area contributed by atoms with Crippen LogP contribution in [-0.2, 0) is 50.7 Å². The molecule has 1 aliphatic rings. The molecule has 0 unspecified atom stereocenters. The lowest BCUT2D eigenvalue weighted by Gasteiger charge is -2.12. The van der Waals surface area contributed by atoms with E-state index in [1.54, 1.807) is 6.20 Å². The number of ether oxygens (including phenoxy) is 1. The van der Waals surface area contributed by atoms with Gasteiger partial charge in [-0.3, -0.25) is 23.9 Å². The quantitative estimate of drug-likeness (QED) is 0.157. The number of aromatic nitrogens is 1.